The molecule has 2 amide bonds. The van der Waals surface area contributed by atoms with E-state index in [1.807, 2.05) is 23.1 Å². The summed E-state index contributed by atoms with van der Waals surface area (Å²) in [5, 5.41) is 3.40. The average molecular weight is 496 g/mol. The van der Waals surface area contributed by atoms with Crippen LogP contribution in [0.5, 0.6) is 0 Å². The highest BCUT2D eigenvalue weighted by Crippen LogP contribution is 2.34. The SMILES string of the molecule is O=C(CC1CCCCC1)Nc1nc2c(s1)C(=O)CC(C(=O)N1CCN(Cc3ccccn3)CC1)C2. The molecule has 5 rings (SSSR count). The maximum absolute atomic E-state index is 13.2. The van der Waals surface area contributed by atoms with Crippen molar-refractivity contribution >= 4 is 34.1 Å². The molecule has 1 atom stereocenters. The number of thiazole rings is 1. The van der Waals surface area contributed by atoms with E-state index in [-0.39, 0.29) is 29.9 Å². The van der Waals surface area contributed by atoms with Crippen LogP contribution in [0.2, 0.25) is 0 Å². The lowest BCUT2D eigenvalue weighted by Gasteiger charge is -2.36. The zero-order valence-corrected chi connectivity index (χ0v) is 20.9. The Morgan fingerprint density at radius 3 is 2.60 bits per heavy atom. The Labute approximate surface area is 210 Å². The fourth-order valence-electron chi connectivity index (χ4n) is 5.49. The van der Waals surface area contributed by atoms with Crippen LogP contribution in [-0.4, -0.2) is 63.5 Å². The molecule has 186 valence electrons. The van der Waals surface area contributed by atoms with Crippen LogP contribution in [0, 0.1) is 11.8 Å². The Balaban J connectivity index is 1.14. The van der Waals surface area contributed by atoms with E-state index >= 15 is 0 Å². The first-order chi connectivity index (χ1) is 17.0. The number of fused-ring (bicyclic) bond motifs is 1. The molecule has 0 spiro atoms. The van der Waals surface area contributed by atoms with Crippen LogP contribution in [0.4, 0.5) is 5.13 Å². The van der Waals surface area contributed by atoms with Crippen molar-refractivity contribution in [2.24, 2.45) is 11.8 Å². The van der Waals surface area contributed by atoms with Crippen LogP contribution in [0.15, 0.2) is 24.4 Å². The maximum Gasteiger partial charge on any atom is 0.226 e. The first-order valence-electron chi connectivity index (χ1n) is 12.8. The molecule has 0 radical (unpaired) electrons. The fraction of sp³-hybridized carbons (Fsp3) is 0.577. The predicted octanol–water partition coefficient (Wildman–Crippen LogP) is 3.54. The summed E-state index contributed by atoms with van der Waals surface area (Å²) in [6, 6.07) is 5.92. The number of amides is 2. The van der Waals surface area contributed by atoms with Crippen molar-refractivity contribution in [3.8, 4) is 0 Å². The van der Waals surface area contributed by atoms with Crippen molar-refractivity contribution in [3.63, 3.8) is 0 Å². The minimum atomic E-state index is -0.370. The second-order valence-corrected chi connectivity index (χ2v) is 11.0. The highest BCUT2D eigenvalue weighted by atomic mass is 32.1. The highest BCUT2D eigenvalue weighted by Gasteiger charge is 2.36. The molecule has 2 aromatic rings. The summed E-state index contributed by atoms with van der Waals surface area (Å²) in [7, 11) is 0. The van der Waals surface area contributed by atoms with E-state index in [1.165, 1.54) is 30.6 Å². The Kier molecular flexibility index (Phi) is 7.53. The molecule has 35 heavy (non-hydrogen) atoms. The monoisotopic (exact) mass is 495 g/mol. The van der Waals surface area contributed by atoms with Gasteiger partial charge >= 0.3 is 0 Å². The topological polar surface area (TPSA) is 95.5 Å². The standard InChI is InChI=1S/C26H33N5O3S/c32-22-16-19(25(34)31-12-10-30(11-13-31)17-20-8-4-5-9-27-20)15-21-24(22)35-26(28-21)29-23(33)14-18-6-2-1-3-7-18/h4-5,8-9,18-19H,1-3,6-7,10-17H2,(H,28,29,33). The lowest BCUT2D eigenvalue weighted by molar-refractivity contribution is -0.137. The minimum Gasteiger partial charge on any atom is -0.340 e. The van der Waals surface area contributed by atoms with E-state index in [1.54, 1.807) is 6.20 Å². The van der Waals surface area contributed by atoms with Crippen molar-refractivity contribution in [2.75, 3.05) is 31.5 Å². The number of piperazine rings is 1. The van der Waals surface area contributed by atoms with Gasteiger partial charge in [-0.2, -0.15) is 0 Å². The van der Waals surface area contributed by atoms with Gasteiger partial charge in [-0.15, -0.1) is 0 Å². The molecule has 1 N–H and O–H groups in total. The smallest absolute Gasteiger partial charge is 0.226 e. The molecule has 1 saturated heterocycles. The molecule has 2 fully saturated rings. The van der Waals surface area contributed by atoms with Gasteiger partial charge in [-0.25, -0.2) is 4.98 Å². The number of ketones is 1. The molecule has 1 unspecified atom stereocenters. The summed E-state index contributed by atoms with van der Waals surface area (Å²) in [5.41, 5.74) is 1.69. The molecular weight excluding hydrogens is 462 g/mol. The van der Waals surface area contributed by atoms with Gasteiger partial charge in [0.25, 0.3) is 0 Å². The van der Waals surface area contributed by atoms with Gasteiger partial charge in [-0.05, 0) is 30.9 Å². The lowest BCUT2D eigenvalue weighted by atomic mass is 9.87. The number of pyridine rings is 1. The quantitative estimate of drug-likeness (QED) is 0.659. The summed E-state index contributed by atoms with van der Waals surface area (Å²) >= 11 is 1.25. The van der Waals surface area contributed by atoms with E-state index < -0.39 is 0 Å². The van der Waals surface area contributed by atoms with E-state index in [2.05, 4.69) is 20.2 Å². The average Bonchev–Trinajstić information content (AvgIpc) is 3.28. The molecule has 2 aliphatic carbocycles. The zero-order chi connectivity index (χ0) is 24.2. The zero-order valence-electron chi connectivity index (χ0n) is 20.1. The van der Waals surface area contributed by atoms with E-state index in [0.717, 1.165) is 38.2 Å². The summed E-state index contributed by atoms with van der Waals surface area (Å²) in [4.78, 5) is 52.3. The fourth-order valence-corrected chi connectivity index (χ4v) is 6.45. The normalized spacial score (nSPS) is 21.5. The molecule has 8 nitrogen and oxygen atoms in total. The number of carbonyl (C=O) groups excluding carboxylic acids is 3. The van der Waals surface area contributed by atoms with Gasteiger partial charge in [0.1, 0.15) is 0 Å². The molecule has 3 heterocycles. The number of nitrogens with one attached hydrogen (secondary N) is 1. The second-order valence-electron chi connectivity index (χ2n) is 10.0. The highest BCUT2D eigenvalue weighted by molar-refractivity contribution is 7.17. The first kappa shape index (κ1) is 24.1. The molecule has 0 aromatic carbocycles. The summed E-state index contributed by atoms with van der Waals surface area (Å²) in [5.74, 6) is 0.0595. The van der Waals surface area contributed by atoms with Crippen LogP contribution in [0.3, 0.4) is 0 Å². The van der Waals surface area contributed by atoms with Gasteiger partial charge in [-0.1, -0.05) is 36.7 Å². The largest absolute Gasteiger partial charge is 0.340 e. The molecule has 0 bridgehead atoms. The number of rotatable bonds is 6. The van der Waals surface area contributed by atoms with Crippen molar-refractivity contribution in [1.82, 2.24) is 19.8 Å². The third-order valence-corrected chi connectivity index (χ3v) is 8.47. The summed E-state index contributed by atoms with van der Waals surface area (Å²) < 4.78 is 0. The van der Waals surface area contributed by atoms with Crippen LogP contribution in [0.1, 0.15) is 66.0 Å². The lowest BCUT2D eigenvalue weighted by Crippen LogP contribution is -2.50. The number of nitrogens with zero attached hydrogens (tertiary/aromatic N) is 4. The molecule has 1 aliphatic heterocycles. The van der Waals surface area contributed by atoms with Gasteiger partial charge in [0.2, 0.25) is 11.8 Å². The van der Waals surface area contributed by atoms with Gasteiger partial charge < -0.3 is 10.2 Å². The third-order valence-electron chi connectivity index (χ3n) is 7.41. The summed E-state index contributed by atoms with van der Waals surface area (Å²) in [6.07, 6.45) is 8.89. The van der Waals surface area contributed by atoms with Crippen LogP contribution < -0.4 is 5.32 Å². The third kappa shape index (κ3) is 5.95. The van der Waals surface area contributed by atoms with E-state index in [9.17, 15) is 14.4 Å². The Morgan fingerprint density at radius 1 is 1.06 bits per heavy atom. The van der Waals surface area contributed by atoms with E-state index in [4.69, 9.17) is 0 Å². The van der Waals surface area contributed by atoms with Crippen molar-refractivity contribution in [2.45, 2.75) is 57.9 Å². The number of carbonyl (C=O) groups is 3. The van der Waals surface area contributed by atoms with Crippen LogP contribution in [-0.2, 0) is 22.6 Å². The number of hydrogen-bond donors (Lipinski definition) is 1. The first-order valence-corrected chi connectivity index (χ1v) is 13.6. The van der Waals surface area contributed by atoms with Crippen molar-refractivity contribution in [1.29, 1.82) is 0 Å². The van der Waals surface area contributed by atoms with Gasteiger partial charge in [0.15, 0.2) is 10.9 Å². The van der Waals surface area contributed by atoms with Crippen LogP contribution >= 0.6 is 11.3 Å². The Hall–Kier alpha value is -2.65. The number of aromatic nitrogens is 2. The van der Waals surface area contributed by atoms with Crippen LogP contribution in [0.25, 0.3) is 0 Å². The Bertz CT molecular complexity index is 1060. The summed E-state index contributed by atoms with van der Waals surface area (Å²) in [6.45, 7) is 3.68. The molecule has 9 heteroatoms. The number of Topliss-reactive ketones (excluding diaryl/α,β-unsaturated/α-hetero) is 1. The number of hydrogen-bond acceptors (Lipinski definition) is 7. The minimum absolute atomic E-state index is 0.0216. The molecule has 1 saturated carbocycles. The molecule has 3 aliphatic rings. The van der Waals surface area contributed by atoms with Gasteiger partial charge in [-0.3, -0.25) is 24.3 Å². The van der Waals surface area contributed by atoms with Gasteiger partial charge in [0, 0.05) is 58.2 Å². The van der Waals surface area contributed by atoms with Gasteiger partial charge in [0.05, 0.1) is 22.2 Å². The second kappa shape index (κ2) is 11.0. The number of anilines is 1. The van der Waals surface area contributed by atoms with Crippen molar-refractivity contribution < 1.29 is 14.4 Å². The molecule has 2 aromatic heterocycles. The Morgan fingerprint density at radius 2 is 1.86 bits per heavy atom. The molecular formula is C26H33N5O3S. The maximum atomic E-state index is 13.2. The predicted molar refractivity (Wildman–Crippen MR) is 134 cm³/mol. The van der Waals surface area contributed by atoms with Crippen molar-refractivity contribution in [3.05, 3.63) is 40.7 Å². The van der Waals surface area contributed by atoms with E-state index in [0.29, 0.717) is 47.6 Å².